The van der Waals surface area contributed by atoms with E-state index in [0.29, 0.717) is 35.1 Å². The van der Waals surface area contributed by atoms with Crippen LogP contribution in [0.15, 0.2) is 12.1 Å². The molecule has 2 unspecified atom stereocenters. The number of anilines is 1. The van der Waals surface area contributed by atoms with E-state index in [9.17, 15) is 4.39 Å². The first-order valence-corrected chi connectivity index (χ1v) is 7.00. The summed E-state index contributed by atoms with van der Waals surface area (Å²) in [5.41, 5.74) is 7.26. The van der Waals surface area contributed by atoms with Gasteiger partial charge in [-0.3, -0.25) is 0 Å². The molecule has 0 amide bonds. The zero-order chi connectivity index (χ0) is 15.0. The highest BCUT2D eigenvalue weighted by molar-refractivity contribution is 5.63. The second-order valence-corrected chi connectivity index (χ2v) is 5.48. The summed E-state index contributed by atoms with van der Waals surface area (Å²) in [5, 5.41) is 11.7. The Kier molecular flexibility index (Phi) is 3.59. The van der Waals surface area contributed by atoms with Crippen molar-refractivity contribution in [3.05, 3.63) is 23.5 Å². The van der Waals surface area contributed by atoms with Crippen LogP contribution in [0.5, 0.6) is 0 Å². The zero-order valence-corrected chi connectivity index (χ0v) is 12.1. The van der Waals surface area contributed by atoms with E-state index >= 15 is 0 Å². The molecule has 2 N–H and O–H groups in total. The minimum atomic E-state index is -0.350. The van der Waals surface area contributed by atoms with E-state index < -0.39 is 0 Å². The molecule has 3 rings (SSSR count). The number of halogens is 1. The topological polar surface area (TPSA) is 78.9 Å². The number of nitrogens with two attached hydrogens (primary N) is 1. The number of hydrogen-bond donors (Lipinski definition) is 1. The summed E-state index contributed by atoms with van der Waals surface area (Å²) in [7, 11) is 0. The fraction of sp³-hybridized carbons (Fsp3) is 0.500. The van der Waals surface area contributed by atoms with E-state index in [1.165, 1.54) is 6.07 Å². The number of hydrogen-bond acceptors (Lipinski definition) is 5. The maximum absolute atomic E-state index is 13.9. The number of benzene rings is 1. The van der Waals surface area contributed by atoms with Crippen molar-refractivity contribution < 1.29 is 9.13 Å². The average Bonchev–Trinajstić information content (AvgIpc) is 3.06. The van der Waals surface area contributed by atoms with Crippen LogP contribution in [0.25, 0.3) is 11.4 Å². The average molecular weight is 291 g/mol. The van der Waals surface area contributed by atoms with Gasteiger partial charge in [0.15, 0.2) is 5.82 Å². The van der Waals surface area contributed by atoms with Crippen molar-refractivity contribution in [2.75, 3.05) is 12.3 Å². The van der Waals surface area contributed by atoms with Crippen LogP contribution < -0.4 is 5.73 Å². The lowest BCUT2D eigenvalue weighted by Crippen LogP contribution is -2.19. The van der Waals surface area contributed by atoms with Crippen LogP contribution in [0.4, 0.5) is 10.1 Å². The van der Waals surface area contributed by atoms with Gasteiger partial charge < -0.3 is 10.5 Å². The first kappa shape index (κ1) is 13.9. The Balaban J connectivity index is 1.92. The Bertz CT molecular complexity index is 634. The van der Waals surface area contributed by atoms with Gasteiger partial charge in [-0.15, -0.1) is 5.10 Å². The summed E-state index contributed by atoms with van der Waals surface area (Å²) in [5.74, 6) is 0.539. The molecule has 1 aliphatic rings. The molecule has 1 saturated heterocycles. The Labute approximate surface area is 122 Å². The molecule has 0 radical (unpaired) electrons. The minimum absolute atomic E-state index is 0.182. The normalized spacial score (nSPS) is 21.9. The van der Waals surface area contributed by atoms with Crippen LogP contribution in [0.2, 0.25) is 0 Å². The smallest absolute Gasteiger partial charge is 0.182 e. The lowest BCUT2D eigenvalue weighted by Gasteiger charge is -2.14. The molecule has 2 heterocycles. The number of nitrogens with zero attached hydrogens (tertiary/aromatic N) is 4. The summed E-state index contributed by atoms with van der Waals surface area (Å²) in [6, 6.07) is 3.12. The standard InChI is InChI=1S/C14H18FN5O/c1-8-12(15)5-11(6-13(8)16)14-17-18-19-20(14)7-10-3-4-21-9(10)2/h5-6,9-10H,3-4,7,16H2,1-2H3. The lowest BCUT2D eigenvalue weighted by molar-refractivity contribution is 0.101. The number of tetrazole rings is 1. The fourth-order valence-electron chi connectivity index (χ4n) is 2.60. The van der Waals surface area contributed by atoms with Gasteiger partial charge in [0.05, 0.1) is 12.6 Å². The zero-order valence-electron chi connectivity index (χ0n) is 12.1. The molecule has 21 heavy (non-hydrogen) atoms. The lowest BCUT2D eigenvalue weighted by atomic mass is 10.0. The van der Waals surface area contributed by atoms with Crippen LogP contribution in [0, 0.1) is 18.7 Å². The molecule has 7 heteroatoms. The first-order valence-electron chi connectivity index (χ1n) is 7.00. The molecule has 0 spiro atoms. The summed E-state index contributed by atoms with van der Waals surface area (Å²) in [4.78, 5) is 0. The maximum atomic E-state index is 13.9. The van der Waals surface area contributed by atoms with E-state index in [1.807, 2.05) is 6.92 Å². The minimum Gasteiger partial charge on any atom is -0.398 e. The Morgan fingerprint density at radius 3 is 2.95 bits per heavy atom. The number of ether oxygens (including phenoxy) is 1. The van der Waals surface area contributed by atoms with Gasteiger partial charge in [-0.2, -0.15) is 0 Å². The molecule has 0 saturated carbocycles. The van der Waals surface area contributed by atoms with Crippen molar-refractivity contribution in [1.29, 1.82) is 0 Å². The quantitative estimate of drug-likeness (QED) is 0.872. The molecule has 1 aliphatic heterocycles. The van der Waals surface area contributed by atoms with Gasteiger partial charge in [0, 0.05) is 29.3 Å². The number of nitrogen functional groups attached to an aromatic ring is 1. The highest BCUT2D eigenvalue weighted by atomic mass is 19.1. The van der Waals surface area contributed by atoms with E-state index in [-0.39, 0.29) is 11.9 Å². The van der Waals surface area contributed by atoms with Crippen molar-refractivity contribution in [2.24, 2.45) is 5.92 Å². The fourth-order valence-corrected chi connectivity index (χ4v) is 2.60. The second kappa shape index (κ2) is 5.40. The molecule has 0 aliphatic carbocycles. The molecular formula is C14H18FN5O. The number of aromatic nitrogens is 4. The van der Waals surface area contributed by atoms with Crippen LogP contribution in [0.3, 0.4) is 0 Å². The van der Waals surface area contributed by atoms with Gasteiger partial charge in [0.2, 0.25) is 0 Å². The number of rotatable bonds is 3. The molecule has 0 bridgehead atoms. The van der Waals surface area contributed by atoms with Crippen LogP contribution in [-0.4, -0.2) is 32.9 Å². The SMILES string of the molecule is Cc1c(N)cc(-c2nnnn2CC2CCOC2C)cc1F. The van der Waals surface area contributed by atoms with Gasteiger partial charge in [-0.25, -0.2) is 9.07 Å². The largest absolute Gasteiger partial charge is 0.398 e. The van der Waals surface area contributed by atoms with Gasteiger partial charge in [-0.1, -0.05) is 0 Å². The molecule has 1 aromatic carbocycles. The Morgan fingerprint density at radius 1 is 1.48 bits per heavy atom. The molecule has 1 fully saturated rings. The molecular weight excluding hydrogens is 273 g/mol. The van der Waals surface area contributed by atoms with Gasteiger partial charge in [0.25, 0.3) is 0 Å². The second-order valence-electron chi connectivity index (χ2n) is 5.48. The Morgan fingerprint density at radius 2 is 2.29 bits per heavy atom. The van der Waals surface area contributed by atoms with Crippen molar-refractivity contribution in [3.63, 3.8) is 0 Å². The summed E-state index contributed by atoms with van der Waals surface area (Å²) >= 11 is 0. The van der Waals surface area contributed by atoms with E-state index in [0.717, 1.165) is 13.0 Å². The highest BCUT2D eigenvalue weighted by Crippen LogP contribution is 2.27. The van der Waals surface area contributed by atoms with E-state index in [4.69, 9.17) is 10.5 Å². The third kappa shape index (κ3) is 2.61. The Hall–Kier alpha value is -2.02. The third-order valence-corrected chi connectivity index (χ3v) is 4.12. The molecule has 2 aromatic rings. The maximum Gasteiger partial charge on any atom is 0.182 e. The summed E-state index contributed by atoms with van der Waals surface area (Å²) in [6.07, 6.45) is 1.16. The van der Waals surface area contributed by atoms with Crippen molar-refractivity contribution in [2.45, 2.75) is 32.9 Å². The molecule has 6 nitrogen and oxygen atoms in total. The van der Waals surface area contributed by atoms with Gasteiger partial charge in [0.1, 0.15) is 5.82 Å². The third-order valence-electron chi connectivity index (χ3n) is 4.12. The monoisotopic (exact) mass is 291 g/mol. The van der Waals surface area contributed by atoms with Crippen LogP contribution in [-0.2, 0) is 11.3 Å². The predicted molar refractivity (Wildman–Crippen MR) is 75.9 cm³/mol. The van der Waals surface area contributed by atoms with Crippen molar-refractivity contribution in [1.82, 2.24) is 20.2 Å². The van der Waals surface area contributed by atoms with Gasteiger partial charge in [-0.05, 0) is 42.8 Å². The first-order chi connectivity index (χ1) is 10.1. The van der Waals surface area contributed by atoms with E-state index in [2.05, 4.69) is 15.5 Å². The molecule has 112 valence electrons. The highest BCUT2D eigenvalue weighted by Gasteiger charge is 2.26. The van der Waals surface area contributed by atoms with Crippen molar-refractivity contribution in [3.8, 4) is 11.4 Å². The van der Waals surface area contributed by atoms with Crippen LogP contribution >= 0.6 is 0 Å². The summed E-state index contributed by atoms with van der Waals surface area (Å²) in [6.45, 7) is 5.11. The van der Waals surface area contributed by atoms with Crippen molar-refractivity contribution >= 4 is 5.69 Å². The molecule has 1 aromatic heterocycles. The van der Waals surface area contributed by atoms with Gasteiger partial charge >= 0.3 is 0 Å². The predicted octanol–water partition coefficient (Wildman–Crippen LogP) is 1.79. The van der Waals surface area contributed by atoms with Crippen LogP contribution in [0.1, 0.15) is 18.9 Å². The van der Waals surface area contributed by atoms with E-state index in [1.54, 1.807) is 17.7 Å². The molecule has 2 atom stereocenters. The summed E-state index contributed by atoms with van der Waals surface area (Å²) < 4.78 is 21.1.